The van der Waals surface area contributed by atoms with Crippen molar-refractivity contribution in [1.82, 2.24) is 10.3 Å². The van der Waals surface area contributed by atoms with Crippen LogP contribution >= 0.6 is 12.2 Å². The van der Waals surface area contributed by atoms with E-state index in [1.165, 1.54) is 6.20 Å². The summed E-state index contributed by atoms with van der Waals surface area (Å²) < 4.78 is 0. The van der Waals surface area contributed by atoms with E-state index >= 15 is 0 Å². The topological polar surface area (TPSA) is 68.0 Å². The Kier molecular flexibility index (Phi) is 5.22. The Bertz CT molecular complexity index is 428. The van der Waals surface area contributed by atoms with Gasteiger partial charge in [-0.25, -0.2) is 0 Å². The van der Waals surface area contributed by atoms with Crippen molar-refractivity contribution in [3.63, 3.8) is 0 Å². The minimum atomic E-state index is -0.169. The van der Waals surface area contributed by atoms with Crippen LogP contribution in [-0.4, -0.2) is 22.4 Å². The molecule has 0 saturated carbocycles. The predicted molar refractivity (Wildman–Crippen MR) is 76.5 cm³/mol. The SMILES string of the molecule is CC(C)C(C)CNC(=O)c1ccc(C(N)=S)cn1. The van der Waals surface area contributed by atoms with Crippen LogP contribution in [0.2, 0.25) is 0 Å². The summed E-state index contributed by atoms with van der Waals surface area (Å²) in [6.45, 7) is 7.02. The molecule has 0 fully saturated rings. The van der Waals surface area contributed by atoms with Crippen molar-refractivity contribution in [1.29, 1.82) is 0 Å². The molecule has 18 heavy (non-hydrogen) atoms. The average molecular weight is 265 g/mol. The van der Waals surface area contributed by atoms with Gasteiger partial charge in [0.25, 0.3) is 5.91 Å². The summed E-state index contributed by atoms with van der Waals surface area (Å²) in [6, 6.07) is 3.33. The first-order chi connectivity index (χ1) is 8.41. The fourth-order valence-corrected chi connectivity index (χ4v) is 1.37. The molecule has 0 aliphatic rings. The van der Waals surface area contributed by atoms with Crippen molar-refractivity contribution >= 4 is 23.1 Å². The summed E-state index contributed by atoms with van der Waals surface area (Å²) in [5, 5.41) is 2.86. The van der Waals surface area contributed by atoms with Crippen molar-refractivity contribution in [3.8, 4) is 0 Å². The minimum absolute atomic E-state index is 0.169. The van der Waals surface area contributed by atoms with Gasteiger partial charge in [-0.15, -0.1) is 0 Å². The third-order valence-corrected chi connectivity index (χ3v) is 3.24. The molecular formula is C13H19N3OS. The van der Waals surface area contributed by atoms with Crippen molar-refractivity contribution in [2.45, 2.75) is 20.8 Å². The first-order valence-electron chi connectivity index (χ1n) is 5.96. The zero-order valence-electron chi connectivity index (χ0n) is 10.9. The second-order valence-corrected chi connectivity index (χ2v) is 5.17. The highest BCUT2D eigenvalue weighted by Gasteiger charge is 2.11. The third-order valence-electron chi connectivity index (χ3n) is 3.00. The molecule has 0 aromatic carbocycles. The maximum atomic E-state index is 11.8. The van der Waals surface area contributed by atoms with Crippen LogP contribution in [0.3, 0.4) is 0 Å². The molecule has 0 saturated heterocycles. The van der Waals surface area contributed by atoms with E-state index in [1.54, 1.807) is 12.1 Å². The number of carbonyl (C=O) groups is 1. The lowest BCUT2D eigenvalue weighted by Crippen LogP contribution is -2.30. The zero-order chi connectivity index (χ0) is 13.7. The normalized spacial score (nSPS) is 12.2. The Morgan fingerprint density at radius 3 is 2.56 bits per heavy atom. The molecule has 0 aliphatic heterocycles. The van der Waals surface area contributed by atoms with E-state index < -0.39 is 0 Å². The summed E-state index contributed by atoms with van der Waals surface area (Å²) >= 11 is 4.82. The summed E-state index contributed by atoms with van der Waals surface area (Å²) in [7, 11) is 0. The van der Waals surface area contributed by atoms with Crippen LogP contribution in [0.1, 0.15) is 36.8 Å². The number of aromatic nitrogens is 1. The van der Waals surface area contributed by atoms with E-state index in [0.29, 0.717) is 29.6 Å². The molecule has 98 valence electrons. The number of rotatable bonds is 5. The molecule has 1 unspecified atom stereocenters. The highest BCUT2D eigenvalue weighted by Crippen LogP contribution is 2.08. The van der Waals surface area contributed by atoms with E-state index in [0.717, 1.165) is 0 Å². The van der Waals surface area contributed by atoms with E-state index in [9.17, 15) is 4.79 Å². The van der Waals surface area contributed by atoms with Crippen LogP contribution in [0.15, 0.2) is 18.3 Å². The van der Waals surface area contributed by atoms with Crippen molar-refractivity contribution in [3.05, 3.63) is 29.6 Å². The quantitative estimate of drug-likeness (QED) is 0.796. The Morgan fingerprint density at radius 2 is 2.11 bits per heavy atom. The van der Waals surface area contributed by atoms with Crippen LogP contribution < -0.4 is 11.1 Å². The lowest BCUT2D eigenvalue weighted by atomic mass is 9.98. The molecule has 0 spiro atoms. The van der Waals surface area contributed by atoms with Gasteiger partial charge in [-0.3, -0.25) is 9.78 Å². The predicted octanol–water partition coefficient (Wildman–Crippen LogP) is 1.74. The van der Waals surface area contributed by atoms with E-state index in [2.05, 4.69) is 31.1 Å². The molecule has 0 bridgehead atoms. The number of pyridine rings is 1. The zero-order valence-corrected chi connectivity index (χ0v) is 11.8. The number of hydrogen-bond acceptors (Lipinski definition) is 3. The second-order valence-electron chi connectivity index (χ2n) is 4.73. The Morgan fingerprint density at radius 1 is 1.44 bits per heavy atom. The maximum absolute atomic E-state index is 11.8. The fraction of sp³-hybridized carbons (Fsp3) is 0.462. The van der Waals surface area contributed by atoms with Gasteiger partial charge in [-0.1, -0.05) is 33.0 Å². The van der Waals surface area contributed by atoms with Crippen LogP contribution in [0.5, 0.6) is 0 Å². The maximum Gasteiger partial charge on any atom is 0.269 e. The highest BCUT2D eigenvalue weighted by atomic mass is 32.1. The lowest BCUT2D eigenvalue weighted by Gasteiger charge is -2.15. The Hall–Kier alpha value is -1.49. The van der Waals surface area contributed by atoms with Crippen molar-refractivity contribution in [2.24, 2.45) is 17.6 Å². The summed E-state index contributed by atoms with van der Waals surface area (Å²) in [5.74, 6) is 0.803. The number of nitrogens with zero attached hydrogens (tertiary/aromatic N) is 1. The molecule has 1 aromatic heterocycles. The van der Waals surface area contributed by atoms with E-state index in [4.69, 9.17) is 18.0 Å². The van der Waals surface area contributed by atoms with Gasteiger partial charge in [0.1, 0.15) is 10.7 Å². The summed E-state index contributed by atoms with van der Waals surface area (Å²) in [4.78, 5) is 16.1. The molecule has 5 heteroatoms. The number of nitrogens with one attached hydrogen (secondary N) is 1. The molecule has 0 aliphatic carbocycles. The number of nitrogens with two attached hydrogens (primary N) is 1. The van der Waals surface area contributed by atoms with E-state index in [-0.39, 0.29) is 10.9 Å². The molecule has 0 radical (unpaired) electrons. The van der Waals surface area contributed by atoms with Gasteiger partial charge in [0.2, 0.25) is 0 Å². The van der Waals surface area contributed by atoms with E-state index in [1.807, 2.05) is 0 Å². The Balaban J connectivity index is 2.59. The molecule has 1 rings (SSSR count). The number of hydrogen-bond donors (Lipinski definition) is 2. The minimum Gasteiger partial charge on any atom is -0.389 e. The van der Waals surface area contributed by atoms with Gasteiger partial charge in [-0.05, 0) is 24.0 Å². The first kappa shape index (κ1) is 14.6. The monoisotopic (exact) mass is 265 g/mol. The molecule has 1 heterocycles. The molecule has 1 aromatic rings. The molecular weight excluding hydrogens is 246 g/mol. The molecule has 4 nitrogen and oxygen atoms in total. The van der Waals surface area contributed by atoms with Gasteiger partial charge in [0.15, 0.2) is 0 Å². The van der Waals surface area contributed by atoms with Gasteiger partial charge < -0.3 is 11.1 Å². The number of carbonyl (C=O) groups excluding carboxylic acids is 1. The van der Waals surface area contributed by atoms with Crippen LogP contribution in [0, 0.1) is 11.8 Å². The second kappa shape index (κ2) is 6.44. The third kappa shape index (κ3) is 4.07. The van der Waals surface area contributed by atoms with Crippen molar-refractivity contribution in [2.75, 3.05) is 6.54 Å². The lowest BCUT2D eigenvalue weighted by molar-refractivity contribution is 0.0940. The van der Waals surface area contributed by atoms with Crippen LogP contribution in [0.4, 0.5) is 0 Å². The van der Waals surface area contributed by atoms with Crippen LogP contribution in [0.25, 0.3) is 0 Å². The largest absolute Gasteiger partial charge is 0.389 e. The molecule has 1 atom stereocenters. The number of amides is 1. The van der Waals surface area contributed by atoms with Gasteiger partial charge in [0.05, 0.1) is 0 Å². The first-order valence-corrected chi connectivity index (χ1v) is 6.36. The summed E-state index contributed by atoms with van der Waals surface area (Å²) in [6.07, 6.45) is 1.52. The molecule has 3 N–H and O–H groups in total. The summed E-state index contributed by atoms with van der Waals surface area (Å²) in [5.41, 5.74) is 6.51. The average Bonchev–Trinajstić information content (AvgIpc) is 2.35. The van der Waals surface area contributed by atoms with Gasteiger partial charge in [-0.2, -0.15) is 0 Å². The smallest absolute Gasteiger partial charge is 0.269 e. The Labute approximate surface area is 113 Å². The highest BCUT2D eigenvalue weighted by molar-refractivity contribution is 7.80. The molecule has 1 amide bonds. The fourth-order valence-electron chi connectivity index (χ4n) is 1.25. The van der Waals surface area contributed by atoms with Gasteiger partial charge in [0, 0.05) is 18.3 Å². The van der Waals surface area contributed by atoms with Crippen LogP contribution in [-0.2, 0) is 0 Å². The number of thiocarbonyl (C=S) groups is 1. The van der Waals surface area contributed by atoms with Crippen molar-refractivity contribution < 1.29 is 4.79 Å². The van der Waals surface area contributed by atoms with Gasteiger partial charge >= 0.3 is 0 Å². The standard InChI is InChI=1S/C13H19N3OS/c1-8(2)9(3)6-16-13(17)11-5-4-10(7-15-11)12(14)18/h4-5,7-9H,6H2,1-3H3,(H2,14,18)(H,16,17).